The van der Waals surface area contributed by atoms with Crippen LogP contribution in [0.2, 0.25) is 10.0 Å². The van der Waals surface area contributed by atoms with Crippen molar-refractivity contribution in [1.82, 2.24) is 14.9 Å². The van der Waals surface area contributed by atoms with E-state index in [2.05, 4.69) is 4.98 Å². The lowest BCUT2D eigenvalue weighted by atomic mass is 10.1. The molecule has 3 aromatic rings. The Morgan fingerprint density at radius 2 is 2.00 bits per heavy atom. The first-order chi connectivity index (χ1) is 13.7. The van der Waals surface area contributed by atoms with E-state index in [0.717, 1.165) is 0 Å². The molecule has 0 spiro atoms. The minimum Gasteiger partial charge on any atom is -0.460 e. The van der Waals surface area contributed by atoms with Gasteiger partial charge < -0.3 is 9.40 Å². The SMILES string of the molecule is O=c1[nH]c(C(F)(F)F)nc2c1CN(Cc1ccc(-c3ccc(Cl)cc3Cl)o1)CC2. The van der Waals surface area contributed by atoms with Crippen LogP contribution in [-0.4, -0.2) is 21.4 Å². The minimum atomic E-state index is -4.68. The number of H-pyrrole nitrogens is 1. The Balaban J connectivity index is 1.52. The van der Waals surface area contributed by atoms with Crippen LogP contribution in [0.25, 0.3) is 11.3 Å². The highest BCUT2D eigenvalue weighted by molar-refractivity contribution is 6.36. The van der Waals surface area contributed by atoms with Crippen molar-refractivity contribution in [2.24, 2.45) is 0 Å². The molecule has 0 saturated heterocycles. The van der Waals surface area contributed by atoms with Gasteiger partial charge in [0.05, 0.1) is 22.8 Å². The van der Waals surface area contributed by atoms with Gasteiger partial charge in [0.25, 0.3) is 5.56 Å². The van der Waals surface area contributed by atoms with Crippen molar-refractivity contribution in [2.75, 3.05) is 6.54 Å². The van der Waals surface area contributed by atoms with Crippen molar-refractivity contribution >= 4 is 23.2 Å². The quantitative estimate of drug-likeness (QED) is 0.624. The topological polar surface area (TPSA) is 62.1 Å². The van der Waals surface area contributed by atoms with E-state index in [0.29, 0.717) is 40.2 Å². The molecule has 5 nitrogen and oxygen atoms in total. The van der Waals surface area contributed by atoms with Crippen molar-refractivity contribution in [2.45, 2.75) is 25.7 Å². The monoisotopic (exact) mass is 443 g/mol. The minimum absolute atomic E-state index is 0.186. The van der Waals surface area contributed by atoms with Crippen LogP contribution in [-0.2, 0) is 25.7 Å². The molecule has 0 fully saturated rings. The Morgan fingerprint density at radius 1 is 1.21 bits per heavy atom. The first-order valence-corrected chi connectivity index (χ1v) is 9.42. The smallest absolute Gasteiger partial charge is 0.449 e. The molecule has 0 aliphatic carbocycles. The number of nitrogens with zero attached hydrogens (tertiary/aromatic N) is 2. The number of nitrogens with one attached hydrogen (secondary N) is 1. The van der Waals surface area contributed by atoms with Crippen LogP contribution in [0.1, 0.15) is 22.8 Å². The lowest BCUT2D eigenvalue weighted by molar-refractivity contribution is -0.145. The summed E-state index contributed by atoms with van der Waals surface area (Å²) in [7, 11) is 0. The van der Waals surface area contributed by atoms with Crippen LogP contribution >= 0.6 is 23.2 Å². The molecule has 1 aromatic carbocycles. The molecule has 29 heavy (non-hydrogen) atoms. The van der Waals surface area contributed by atoms with Gasteiger partial charge in [0, 0.05) is 30.1 Å². The number of fused-ring (bicyclic) bond motifs is 1. The van der Waals surface area contributed by atoms with Crippen molar-refractivity contribution in [3.63, 3.8) is 0 Å². The molecule has 10 heteroatoms. The van der Waals surface area contributed by atoms with E-state index in [1.165, 1.54) is 0 Å². The fourth-order valence-corrected chi connectivity index (χ4v) is 3.77. The van der Waals surface area contributed by atoms with Gasteiger partial charge in [0.15, 0.2) is 0 Å². The van der Waals surface area contributed by atoms with Crippen molar-refractivity contribution in [3.05, 3.63) is 73.6 Å². The number of hydrogen-bond donors (Lipinski definition) is 1. The van der Waals surface area contributed by atoms with Gasteiger partial charge in [0.1, 0.15) is 11.5 Å². The zero-order chi connectivity index (χ0) is 20.8. The Kier molecular flexibility index (Phi) is 5.18. The summed E-state index contributed by atoms with van der Waals surface area (Å²) in [4.78, 5) is 19.4. The second kappa shape index (κ2) is 7.51. The van der Waals surface area contributed by atoms with E-state index >= 15 is 0 Å². The van der Waals surface area contributed by atoms with Gasteiger partial charge in [-0.25, -0.2) is 4.98 Å². The van der Waals surface area contributed by atoms with Gasteiger partial charge in [0.2, 0.25) is 5.82 Å². The fraction of sp³-hybridized carbons (Fsp3) is 0.263. The second-order valence-corrected chi connectivity index (χ2v) is 7.53. The van der Waals surface area contributed by atoms with Crippen molar-refractivity contribution in [1.29, 1.82) is 0 Å². The maximum absolute atomic E-state index is 12.8. The fourth-order valence-electron chi connectivity index (χ4n) is 3.27. The van der Waals surface area contributed by atoms with E-state index < -0.39 is 17.6 Å². The molecule has 0 saturated carbocycles. The van der Waals surface area contributed by atoms with E-state index in [-0.39, 0.29) is 24.2 Å². The van der Waals surface area contributed by atoms with Crippen LogP contribution in [0, 0.1) is 0 Å². The molecule has 0 atom stereocenters. The lowest BCUT2D eigenvalue weighted by Crippen LogP contribution is -2.36. The molecule has 1 N–H and O–H groups in total. The molecule has 3 heterocycles. The summed E-state index contributed by atoms with van der Waals surface area (Å²) < 4.78 is 44.3. The highest BCUT2D eigenvalue weighted by Crippen LogP contribution is 2.32. The zero-order valence-electron chi connectivity index (χ0n) is 14.8. The molecule has 152 valence electrons. The van der Waals surface area contributed by atoms with Crippen LogP contribution in [0.15, 0.2) is 39.5 Å². The van der Waals surface area contributed by atoms with Gasteiger partial charge in [-0.05, 0) is 30.3 Å². The van der Waals surface area contributed by atoms with E-state index in [1.54, 1.807) is 30.3 Å². The third-order valence-electron chi connectivity index (χ3n) is 4.65. The van der Waals surface area contributed by atoms with E-state index in [1.807, 2.05) is 9.88 Å². The Morgan fingerprint density at radius 3 is 2.72 bits per heavy atom. The summed E-state index contributed by atoms with van der Waals surface area (Å²) in [6, 6.07) is 8.67. The summed E-state index contributed by atoms with van der Waals surface area (Å²) in [5, 5.41) is 0.980. The number of furan rings is 1. The van der Waals surface area contributed by atoms with Crippen LogP contribution in [0.4, 0.5) is 13.2 Å². The van der Waals surface area contributed by atoms with Crippen LogP contribution in [0.3, 0.4) is 0 Å². The summed E-state index contributed by atoms with van der Waals surface area (Å²) in [6.07, 6.45) is -4.43. The summed E-state index contributed by atoms with van der Waals surface area (Å²) in [6.45, 7) is 1.04. The maximum Gasteiger partial charge on any atom is 0.449 e. The molecular weight excluding hydrogens is 430 g/mol. The van der Waals surface area contributed by atoms with Crippen molar-refractivity contribution < 1.29 is 17.6 Å². The largest absolute Gasteiger partial charge is 0.460 e. The number of alkyl halides is 3. The number of aromatic amines is 1. The van der Waals surface area contributed by atoms with Gasteiger partial charge in [-0.1, -0.05) is 23.2 Å². The number of aromatic nitrogens is 2. The number of benzene rings is 1. The molecule has 4 rings (SSSR count). The molecule has 0 bridgehead atoms. The third-order valence-corrected chi connectivity index (χ3v) is 5.20. The van der Waals surface area contributed by atoms with Crippen LogP contribution in [0.5, 0.6) is 0 Å². The number of hydrogen-bond acceptors (Lipinski definition) is 4. The van der Waals surface area contributed by atoms with Gasteiger partial charge in [-0.3, -0.25) is 9.69 Å². The molecular formula is C19H14Cl2F3N3O2. The van der Waals surface area contributed by atoms with Gasteiger partial charge in [-0.15, -0.1) is 0 Å². The number of halogens is 5. The van der Waals surface area contributed by atoms with E-state index in [9.17, 15) is 18.0 Å². The molecule has 1 aliphatic heterocycles. The zero-order valence-corrected chi connectivity index (χ0v) is 16.3. The third kappa shape index (κ3) is 4.19. The van der Waals surface area contributed by atoms with Gasteiger partial charge in [-0.2, -0.15) is 13.2 Å². The predicted octanol–water partition coefficient (Wildman–Crippen LogP) is 4.91. The second-order valence-electron chi connectivity index (χ2n) is 6.69. The predicted molar refractivity (Wildman–Crippen MR) is 102 cm³/mol. The molecule has 1 aliphatic rings. The highest BCUT2D eigenvalue weighted by Gasteiger charge is 2.36. The summed E-state index contributed by atoms with van der Waals surface area (Å²) in [5.74, 6) is -0.0376. The summed E-state index contributed by atoms with van der Waals surface area (Å²) >= 11 is 12.1. The molecule has 0 amide bonds. The molecule has 2 aromatic heterocycles. The molecule has 0 unspecified atom stereocenters. The highest BCUT2D eigenvalue weighted by atomic mass is 35.5. The summed E-state index contributed by atoms with van der Waals surface area (Å²) in [5.41, 5.74) is 0.369. The first-order valence-electron chi connectivity index (χ1n) is 8.66. The first kappa shape index (κ1) is 20.0. The van der Waals surface area contributed by atoms with Crippen molar-refractivity contribution in [3.8, 4) is 11.3 Å². The standard InChI is InChI=1S/C19H14Cl2F3N3O2/c20-10-1-3-12(14(21)7-10)16-4-2-11(29-16)8-27-6-5-15-13(9-27)17(28)26-18(25-15)19(22,23)24/h1-4,7H,5-6,8-9H2,(H,25,26,28). The number of rotatable bonds is 3. The van der Waals surface area contributed by atoms with Crippen LogP contribution < -0.4 is 5.56 Å². The molecule has 0 radical (unpaired) electrons. The Labute approximate surface area is 173 Å². The van der Waals surface area contributed by atoms with Gasteiger partial charge >= 0.3 is 6.18 Å². The average molecular weight is 444 g/mol. The average Bonchev–Trinajstić information content (AvgIpc) is 3.09. The maximum atomic E-state index is 12.8. The Bertz CT molecular complexity index is 1120. The lowest BCUT2D eigenvalue weighted by Gasteiger charge is -2.27. The normalized spacial score (nSPS) is 14.8. The Hall–Kier alpha value is -2.29. The van der Waals surface area contributed by atoms with E-state index in [4.69, 9.17) is 27.6 Å².